The van der Waals surface area contributed by atoms with Crippen LogP contribution in [0.25, 0.3) is 11.1 Å². The van der Waals surface area contributed by atoms with Crippen molar-refractivity contribution in [3.63, 3.8) is 0 Å². The first kappa shape index (κ1) is 23.9. The van der Waals surface area contributed by atoms with Gasteiger partial charge >= 0.3 is 12.1 Å². The van der Waals surface area contributed by atoms with E-state index in [0.717, 1.165) is 22.3 Å². The maximum atomic E-state index is 12.7. The van der Waals surface area contributed by atoms with Crippen molar-refractivity contribution in [3.8, 4) is 23.5 Å². The third-order valence-corrected chi connectivity index (χ3v) is 6.05. The van der Waals surface area contributed by atoms with E-state index in [9.17, 15) is 19.5 Å². The predicted molar refractivity (Wildman–Crippen MR) is 124 cm³/mol. The number of alkyl carbamates (subject to hydrolysis) is 1. The summed E-state index contributed by atoms with van der Waals surface area (Å²) in [4.78, 5) is 36.7. The fourth-order valence-electron chi connectivity index (χ4n) is 4.05. The number of benzene rings is 2. The minimum Gasteiger partial charge on any atom is -0.480 e. The van der Waals surface area contributed by atoms with Crippen molar-refractivity contribution >= 4 is 18.0 Å². The molecule has 3 N–H and O–H groups in total. The molecule has 0 aliphatic heterocycles. The molecular weight excluding hydrogens is 420 g/mol. The minimum absolute atomic E-state index is 0.106. The Hall–Kier alpha value is -3.79. The number of hydrogen-bond donors (Lipinski definition) is 3. The van der Waals surface area contributed by atoms with Gasteiger partial charge in [0.2, 0.25) is 5.91 Å². The van der Waals surface area contributed by atoms with Gasteiger partial charge in [-0.25, -0.2) is 9.59 Å². The zero-order chi connectivity index (χ0) is 24.0. The highest BCUT2D eigenvalue weighted by atomic mass is 16.5. The summed E-state index contributed by atoms with van der Waals surface area (Å²) in [5.74, 6) is 0.0457. The van der Waals surface area contributed by atoms with Crippen molar-refractivity contribution in [2.75, 3.05) is 6.61 Å². The smallest absolute Gasteiger partial charge is 0.407 e. The zero-order valence-corrected chi connectivity index (χ0v) is 18.7. The topological polar surface area (TPSA) is 105 Å². The van der Waals surface area contributed by atoms with Gasteiger partial charge in [-0.1, -0.05) is 68.8 Å². The largest absolute Gasteiger partial charge is 0.480 e. The van der Waals surface area contributed by atoms with E-state index < -0.39 is 30.1 Å². The fourth-order valence-corrected chi connectivity index (χ4v) is 4.05. The molecule has 2 aromatic carbocycles. The Kier molecular flexibility index (Phi) is 7.73. The lowest BCUT2D eigenvalue weighted by Crippen LogP contribution is -2.54. The predicted octanol–water partition coefficient (Wildman–Crippen LogP) is 3.53. The number of carboxylic acids is 1. The summed E-state index contributed by atoms with van der Waals surface area (Å²) in [7, 11) is 0. The van der Waals surface area contributed by atoms with Crippen LogP contribution in [0, 0.1) is 18.3 Å². The Morgan fingerprint density at radius 2 is 1.64 bits per heavy atom. The molecule has 7 heteroatoms. The second-order valence-corrected chi connectivity index (χ2v) is 8.14. The minimum atomic E-state index is -1.23. The summed E-state index contributed by atoms with van der Waals surface area (Å²) < 4.78 is 5.54. The van der Waals surface area contributed by atoms with Gasteiger partial charge in [0.05, 0.1) is 0 Å². The van der Waals surface area contributed by atoms with E-state index in [-0.39, 0.29) is 24.9 Å². The number of hydrogen-bond acceptors (Lipinski definition) is 4. The van der Waals surface area contributed by atoms with Crippen LogP contribution < -0.4 is 10.6 Å². The number of aliphatic carboxylic acids is 1. The lowest BCUT2D eigenvalue weighted by Gasteiger charge is -2.25. The number of terminal acetylenes is 1. The first-order valence-corrected chi connectivity index (χ1v) is 11.0. The molecule has 0 saturated heterocycles. The van der Waals surface area contributed by atoms with E-state index in [0.29, 0.717) is 6.42 Å². The Labute approximate surface area is 193 Å². The average Bonchev–Trinajstić information content (AvgIpc) is 3.14. The maximum absolute atomic E-state index is 12.7. The molecule has 172 valence electrons. The first-order chi connectivity index (χ1) is 15.9. The Morgan fingerprint density at radius 3 is 2.15 bits per heavy atom. The third kappa shape index (κ3) is 5.35. The number of carbonyl (C=O) groups is 3. The highest BCUT2D eigenvalue weighted by Crippen LogP contribution is 2.44. The van der Waals surface area contributed by atoms with Gasteiger partial charge in [-0.3, -0.25) is 4.79 Å². The molecule has 1 aliphatic carbocycles. The SMILES string of the molecule is C#CCC(NC(=O)[C@@H](NC(=O)OCC1c2ccccc2-c2ccccc21)[C@@H](C)CC)C(=O)O. The van der Waals surface area contributed by atoms with Crippen LogP contribution in [0.15, 0.2) is 48.5 Å². The van der Waals surface area contributed by atoms with Gasteiger partial charge in [-0.15, -0.1) is 12.3 Å². The highest BCUT2D eigenvalue weighted by Gasteiger charge is 2.32. The molecule has 2 aromatic rings. The molecule has 0 radical (unpaired) electrons. The third-order valence-electron chi connectivity index (χ3n) is 6.05. The van der Waals surface area contributed by atoms with E-state index in [1.807, 2.05) is 55.5 Å². The number of rotatable bonds is 9. The van der Waals surface area contributed by atoms with Crippen LogP contribution in [0.4, 0.5) is 4.79 Å². The summed E-state index contributed by atoms with van der Waals surface area (Å²) in [5.41, 5.74) is 4.40. The molecule has 7 nitrogen and oxygen atoms in total. The Morgan fingerprint density at radius 1 is 1.06 bits per heavy atom. The van der Waals surface area contributed by atoms with Crippen LogP contribution in [0.1, 0.15) is 43.7 Å². The number of carbonyl (C=O) groups excluding carboxylic acids is 2. The molecule has 1 aliphatic rings. The van der Waals surface area contributed by atoms with Crippen LogP contribution in [0.2, 0.25) is 0 Å². The first-order valence-electron chi connectivity index (χ1n) is 11.0. The second-order valence-electron chi connectivity index (χ2n) is 8.14. The van der Waals surface area contributed by atoms with Gasteiger partial charge < -0.3 is 20.5 Å². The molecule has 33 heavy (non-hydrogen) atoms. The molecule has 2 amide bonds. The van der Waals surface area contributed by atoms with E-state index >= 15 is 0 Å². The highest BCUT2D eigenvalue weighted by molar-refractivity contribution is 5.89. The van der Waals surface area contributed by atoms with Crippen molar-refractivity contribution in [3.05, 3.63) is 59.7 Å². The zero-order valence-electron chi connectivity index (χ0n) is 18.7. The maximum Gasteiger partial charge on any atom is 0.407 e. The lowest BCUT2D eigenvalue weighted by atomic mass is 9.97. The van der Waals surface area contributed by atoms with Crippen molar-refractivity contribution in [2.24, 2.45) is 5.92 Å². The van der Waals surface area contributed by atoms with Gasteiger partial charge in [-0.05, 0) is 28.2 Å². The van der Waals surface area contributed by atoms with Crippen LogP contribution in [0.5, 0.6) is 0 Å². The average molecular weight is 449 g/mol. The summed E-state index contributed by atoms with van der Waals surface area (Å²) in [6.07, 6.45) is 4.90. The molecule has 1 unspecified atom stereocenters. The fraction of sp³-hybridized carbons (Fsp3) is 0.346. The Balaban J connectivity index is 1.68. The van der Waals surface area contributed by atoms with Crippen molar-refractivity contribution in [2.45, 2.75) is 44.7 Å². The van der Waals surface area contributed by atoms with Gasteiger partial charge in [0.25, 0.3) is 0 Å². The molecule has 0 bridgehead atoms. The normalized spacial score (nSPS) is 14.7. The van der Waals surface area contributed by atoms with E-state index in [2.05, 4.69) is 16.6 Å². The molecule has 0 aromatic heterocycles. The summed E-state index contributed by atoms with van der Waals surface area (Å²) in [6, 6.07) is 13.8. The summed E-state index contributed by atoms with van der Waals surface area (Å²) >= 11 is 0. The van der Waals surface area contributed by atoms with Crippen LogP contribution in [-0.2, 0) is 14.3 Å². The molecule has 0 spiro atoms. The van der Waals surface area contributed by atoms with Gasteiger partial charge in [0, 0.05) is 12.3 Å². The lowest BCUT2D eigenvalue weighted by molar-refractivity contribution is -0.142. The molecular formula is C26H28N2O5. The molecule has 3 rings (SSSR count). The number of fused-ring (bicyclic) bond motifs is 3. The number of carboxylic acid groups (broad SMARTS) is 1. The van der Waals surface area contributed by atoms with Crippen molar-refractivity contribution < 1.29 is 24.2 Å². The van der Waals surface area contributed by atoms with E-state index in [1.165, 1.54) is 0 Å². The summed E-state index contributed by atoms with van der Waals surface area (Å²) in [5, 5.41) is 14.3. The Bertz CT molecular complexity index is 1030. The van der Waals surface area contributed by atoms with Crippen LogP contribution >= 0.6 is 0 Å². The second kappa shape index (κ2) is 10.7. The van der Waals surface area contributed by atoms with Crippen molar-refractivity contribution in [1.82, 2.24) is 10.6 Å². The molecule has 0 fully saturated rings. The van der Waals surface area contributed by atoms with Gasteiger partial charge in [-0.2, -0.15) is 0 Å². The molecule has 0 saturated carbocycles. The number of amides is 2. The summed E-state index contributed by atoms with van der Waals surface area (Å²) in [6.45, 7) is 3.79. The van der Waals surface area contributed by atoms with Gasteiger partial charge in [0.15, 0.2) is 0 Å². The number of ether oxygens (including phenoxy) is 1. The van der Waals surface area contributed by atoms with E-state index in [1.54, 1.807) is 6.92 Å². The standard InChI is InChI=1S/C26H28N2O5/c1-4-10-22(25(30)31)27-24(29)23(16(3)5-2)28-26(32)33-15-21-19-13-8-6-11-17(19)18-12-7-9-14-20(18)21/h1,6-9,11-14,16,21-23H,5,10,15H2,2-3H3,(H,27,29)(H,28,32)(H,30,31)/t16-,22?,23-/m0/s1. The number of nitrogens with one attached hydrogen (secondary N) is 2. The van der Waals surface area contributed by atoms with Crippen molar-refractivity contribution in [1.29, 1.82) is 0 Å². The molecule has 3 atom stereocenters. The quantitative estimate of drug-likeness (QED) is 0.509. The van der Waals surface area contributed by atoms with E-state index in [4.69, 9.17) is 11.2 Å². The van der Waals surface area contributed by atoms with Crippen LogP contribution in [-0.4, -0.2) is 41.8 Å². The van der Waals surface area contributed by atoms with Gasteiger partial charge in [0.1, 0.15) is 18.7 Å². The molecule has 0 heterocycles. The monoisotopic (exact) mass is 448 g/mol. The van der Waals surface area contributed by atoms with Crippen LogP contribution in [0.3, 0.4) is 0 Å².